The highest BCUT2D eigenvalue weighted by Gasteiger charge is 2.17. The summed E-state index contributed by atoms with van der Waals surface area (Å²) < 4.78 is 10.3. The summed E-state index contributed by atoms with van der Waals surface area (Å²) in [6.45, 7) is 2.58. The van der Waals surface area contributed by atoms with E-state index in [9.17, 15) is 9.59 Å². The normalized spacial score (nSPS) is 11.9. The molecule has 2 amide bonds. The number of amides is 2. The highest BCUT2D eigenvalue weighted by Crippen LogP contribution is 2.15. The van der Waals surface area contributed by atoms with E-state index in [4.69, 9.17) is 9.15 Å². The first-order chi connectivity index (χ1) is 8.69. The monoisotopic (exact) mass is 254 g/mol. The molecular weight excluding hydrogens is 236 g/mol. The van der Waals surface area contributed by atoms with Crippen LogP contribution in [-0.2, 0) is 14.3 Å². The Balaban J connectivity index is 2.39. The molecule has 100 valence electrons. The first-order valence-electron chi connectivity index (χ1n) is 5.81. The lowest BCUT2D eigenvalue weighted by atomic mass is 10.2. The van der Waals surface area contributed by atoms with E-state index >= 15 is 0 Å². The summed E-state index contributed by atoms with van der Waals surface area (Å²) in [5, 5.41) is 4.99. The molecule has 0 fully saturated rings. The first kappa shape index (κ1) is 14.2. The van der Waals surface area contributed by atoms with Gasteiger partial charge >= 0.3 is 11.8 Å². The second kappa shape index (κ2) is 7.50. The zero-order chi connectivity index (χ0) is 13.4. The Bertz CT molecular complexity index is 375. The fraction of sp³-hybridized carbons (Fsp3) is 0.500. The van der Waals surface area contributed by atoms with Crippen LogP contribution >= 0.6 is 0 Å². The standard InChI is InChI=1S/C12H18N2O4/c1-3-6-13-11(15)12(16)14-8-10(17-2)9-5-4-7-18-9/h4-5,7,10H,3,6,8H2,1-2H3,(H,13,15)(H,14,16). The quantitative estimate of drug-likeness (QED) is 0.729. The van der Waals surface area contributed by atoms with Crippen molar-refractivity contribution in [1.82, 2.24) is 10.6 Å². The van der Waals surface area contributed by atoms with E-state index in [1.54, 1.807) is 12.1 Å². The van der Waals surface area contributed by atoms with Crippen LogP contribution < -0.4 is 10.6 Å². The Kier molecular flexibility index (Phi) is 5.93. The Labute approximate surface area is 106 Å². The minimum absolute atomic E-state index is 0.183. The van der Waals surface area contributed by atoms with Gasteiger partial charge in [-0.3, -0.25) is 9.59 Å². The van der Waals surface area contributed by atoms with E-state index in [1.165, 1.54) is 13.4 Å². The maximum absolute atomic E-state index is 11.4. The molecule has 0 saturated carbocycles. The van der Waals surface area contributed by atoms with Gasteiger partial charge in [-0.05, 0) is 18.6 Å². The van der Waals surface area contributed by atoms with Crippen molar-refractivity contribution in [3.8, 4) is 0 Å². The van der Waals surface area contributed by atoms with Crippen molar-refractivity contribution >= 4 is 11.8 Å². The largest absolute Gasteiger partial charge is 0.467 e. The molecule has 0 aliphatic carbocycles. The number of methoxy groups -OCH3 is 1. The number of furan rings is 1. The van der Waals surface area contributed by atoms with E-state index in [1.807, 2.05) is 6.92 Å². The van der Waals surface area contributed by atoms with Crippen LogP contribution in [0.1, 0.15) is 25.2 Å². The van der Waals surface area contributed by atoms with Crippen LogP contribution in [0.4, 0.5) is 0 Å². The molecule has 0 spiro atoms. The molecule has 0 bridgehead atoms. The van der Waals surface area contributed by atoms with Crippen molar-refractivity contribution < 1.29 is 18.7 Å². The average molecular weight is 254 g/mol. The minimum Gasteiger partial charge on any atom is -0.467 e. The molecule has 0 radical (unpaired) electrons. The van der Waals surface area contributed by atoms with E-state index in [0.717, 1.165) is 6.42 Å². The molecule has 18 heavy (non-hydrogen) atoms. The minimum atomic E-state index is -0.669. The van der Waals surface area contributed by atoms with Crippen LogP contribution in [0.15, 0.2) is 22.8 Å². The molecule has 0 aliphatic heterocycles. The third kappa shape index (κ3) is 4.21. The highest BCUT2D eigenvalue weighted by molar-refractivity contribution is 6.35. The third-order valence-electron chi connectivity index (χ3n) is 2.33. The van der Waals surface area contributed by atoms with Crippen LogP contribution in [-0.4, -0.2) is 32.0 Å². The number of carbonyl (C=O) groups is 2. The SMILES string of the molecule is CCCNC(=O)C(=O)NCC(OC)c1ccco1. The number of ether oxygens (including phenoxy) is 1. The Morgan fingerprint density at radius 1 is 1.39 bits per heavy atom. The van der Waals surface area contributed by atoms with Crippen molar-refractivity contribution in [3.63, 3.8) is 0 Å². The van der Waals surface area contributed by atoms with Gasteiger partial charge in [0.1, 0.15) is 11.9 Å². The van der Waals surface area contributed by atoms with E-state index in [2.05, 4.69) is 10.6 Å². The van der Waals surface area contributed by atoms with Gasteiger partial charge < -0.3 is 19.8 Å². The Hall–Kier alpha value is -1.82. The van der Waals surface area contributed by atoms with Crippen molar-refractivity contribution in [1.29, 1.82) is 0 Å². The van der Waals surface area contributed by atoms with E-state index in [0.29, 0.717) is 12.3 Å². The maximum atomic E-state index is 11.4. The molecule has 1 aromatic rings. The molecule has 1 heterocycles. The van der Waals surface area contributed by atoms with Crippen molar-refractivity contribution in [2.24, 2.45) is 0 Å². The summed E-state index contributed by atoms with van der Waals surface area (Å²) >= 11 is 0. The zero-order valence-electron chi connectivity index (χ0n) is 10.6. The molecule has 0 aliphatic rings. The number of rotatable bonds is 6. The van der Waals surface area contributed by atoms with Crippen LogP contribution in [0, 0.1) is 0 Å². The van der Waals surface area contributed by atoms with Crippen molar-refractivity contribution in [2.75, 3.05) is 20.2 Å². The lowest BCUT2D eigenvalue weighted by molar-refractivity contribution is -0.139. The molecular formula is C12H18N2O4. The van der Waals surface area contributed by atoms with Crippen molar-refractivity contribution in [2.45, 2.75) is 19.4 Å². The second-order valence-corrected chi connectivity index (χ2v) is 3.71. The molecule has 1 atom stereocenters. The lowest BCUT2D eigenvalue weighted by Gasteiger charge is -2.13. The van der Waals surface area contributed by atoms with E-state index in [-0.39, 0.29) is 6.54 Å². The number of hydrogen-bond acceptors (Lipinski definition) is 4. The fourth-order valence-corrected chi connectivity index (χ4v) is 1.36. The predicted octanol–water partition coefficient (Wildman–Crippen LogP) is 0.610. The molecule has 0 aromatic carbocycles. The number of hydrogen-bond donors (Lipinski definition) is 2. The van der Waals surface area contributed by atoms with Gasteiger partial charge in [0.2, 0.25) is 0 Å². The van der Waals surface area contributed by atoms with Gasteiger partial charge in [-0.2, -0.15) is 0 Å². The molecule has 1 unspecified atom stereocenters. The van der Waals surface area contributed by atoms with Gasteiger partial charge in [0.25, 0.3) is 0 Å². The van der Waals surface area contributed by atoms with Gasteiger partial charge in [0.15, 0.2) is 0 Å². The molecule has 6 heteroatoms. The topological polar surface area (TPSA) is 80.6 Å². The lowest BCUT2D eigenvalue weighted by Crippen LogP contribution is -2.41. The van der Waals surface area contributed by atoms with Crippen molar-refractivity contribution in [3.05, 3.63) is 24.2 Å². The van der Waals surface area contributed by atoms with Gasteiger partial charge in [-0.25, -0.2) is 0 Å². The third-order valence-corrected chi connectivity index (χ3v) is 2.33. The van der Waals surface area contributed by atoms with Gasteiger partial charge in [-0.1, -0.05) is 6.92 Å². The summed E-state index contributed by atoms with van der Waals surface area (Å²) in [5.41, 5.74) is 0. The number of nitrogens with one attached hydrogen (secondary N) is 2. The Morgan fingerprint density at radius 2 is 2.11 bits per heavy atom. The zero-order valence-corrected chi connectivity index (χ0v) is 10.6. The average Bonchev–Trinajstić information content (AvgIpc) is 2.90. The summed E-state index contributed by atoms with van der Waals surface area (Å²) in [7, 11) is 1.51. The summed E-state index contributed by atoms with van der Waals surface area (Å²) in [6.07, 6.45) is 1.91. The summed E-state index contributed by atoms with van der Waals surface area (Å²) in [5.74, 6) is -0.699. The van der Waals surface area contributed by atoms with Gasteiger partial charge in [0, 0.05) is 13.7 Å². The predicted molar refractivity (Wildman–Crippen MR) is 64.8 cm³/mol. The number of carbonyl (C=O) groups excluding carboxylic acids is 2. The second-order valence-electron chi connectivity index (χ2n) is 3.71. The van der Waals surface area contributed by atoms with Gasteiger partial charge in [-0.15, -0.1) is 0 Å². The van der Waals surface area contributed by atoms with E-state index < -0.39 is 17.9 Å². The van der Waals surface area contributed by atoms with Crippen LogP contribution in [0.25, 0.3) is 0 Å². The molecule has 1 aromatic heterocycles. The van der Waals surface area contributed by atoms with Crippen LogP contribution in [0.5, 0.6) is 0 Å². The van der Waals surface area contributed by atoms with Crippen LogP contribution in [0.3, 0.4) is 0 Å². The summed E-state index contributed by atoms with van der Waals surface area (Å²) in [6, 6.07) is 3.48. The first-order valence-corrected chi connectivity index (χ1v) is 5.81. The molecule has 2 N–H and O–H groups in total. The molecule has 1 rings (SSSR count). The van der Waals surface area contributed by atoms with Crippen LogP contribution in [0.2, 0.25) is 0 Å². The highest BCUT2D eigenvalue weighted by atomic mass is 16.5. The molecule has 0 saturated heterocycles. The summed E-state index contributed by atoms with van der Waals surface area (Å²) in [4.78, 5) is 22.7. The van der Waals surface area contributed by atoms with Gasteiger partial charge in [0.05, 0.1) is 12.8 Å². The Morgan fingerprint density at radius 3 is 2.67 bits per heavy atom. The smallest absolute Gasteiger partial charge is 0.309 e. The molecule has 6 nitrogen and oxygen atoms in total. The fourth-order valence-electron chi connectivity index (χ4n) is 1.36. The maximum Gasteiger partial charge on any atom is 0.309 e.